The Morgan fingerprint density at radius 1 is 0.814 bits per heavy atom. The first-order valence-corrected chi connectivity index (χ1v) is 21.6. The third-order valence-corrected chi connectivity index (χ3v) is 11.5. The molecule has 5 atom stereocenters. The molecule has 2 aromatic rings. The van der Waals surface area contributed by atoms with Gasteiger partial charge in [-0.3, -0.25) is 33.9 Å². The quantitative estimate of drug-likeness (QED) is 0.0488. The molecule has 1 saturated heterocycles. The predicted octanol–water partition coefficient (Wildman–Crippen LogP) is 1.86. The second-order valence-electron chi connectivity index (χ2n) is 16.0. The summed E-state index contributed by atoms with van der Waals surface area (Å²) in [6, 6.07) is 14.0. The van der Waals surface area contributed by atoms with Crippen molar-refractivity contribution in [1.82, 2.24) is 25.8 Å². The fourth-order valence-corrected chi connectivity index (χ4v) is 8.24. The number of nitrogens with one attached hydrogen (secondary N) is 3. The summed E-state index contributed by atoms with van der Waals surface area (Å²) in [6.07, 6.45) is 9.51. The van der Waals surface area contributed by atoms with Crippen LogP contribution in [0, 0.1) is 5.92 Å². The van der Waals surface area contributed by atoms with Crippen LogP contribution in [-0.4, -0.2) is 109 Å². The average Bonchev–Trinajstić information content (AvgIpc) is 3.74. The van der Waals surface area contributed by atoms with Crippen LogP contribution in [0.15, 0.2) is 65.7 Å². The lowest BCUT2D eigenvalue weighted by atomic mass is 9.84. The molecule has 11 N–H and O–H groups in total. The molecular formula is C44H68N10O5. The van der Waals surface area contributed by atoms with Crippen LogP contribution in [0.1, 0.15) is 94.6 Å². The zero-order valence-corrected chi connectivity index (χ0v) is 34.9. The molecule has 4 rings (SSSR count). The van der Waals surface area contributed by atoms with Crippen molar-refractivity contribution in [2.24, 2.45) is 33.8 Å². The number of unbranched alkanes of at least 4 members (excludes halogenated alkanes) is 2. The van der Waals surface area contributed by atoms with E-state index in [2.05, 4.69) is 20.9 Å². The largest absolute Gasteiger partial charge is 0.370 e. The van der Waals surface area contributed by atoms with Gasteiger partial charge in [-0.15, -0.1) is 0 Å². The number of nitrogens with zero attached hydrogens (tertiary/aromatic N) is 3. The number of likely N-dealkylation sites (N-methyl/N-ethyl adjacent to an activating group) is 1. The van der Waals surface area contributed by atoms with Gasteiger partial charge in [0.15, 0.2) is 5.96 Å². The van der Waals surface area contributed by atoms with Crippen molar-refractivity contribution in [2.45, 2.75) is 127 Å². The highest BCUT2D eigenvalue weighted by atomic mass is 16.2. The number of rotatable bonds is 23. The van der Waals surface area contributed by atoms with Crippen LogP contribution in [0.2, 0.25) is 0 Å². The van der Waals surface area contributed by atoms with Gasteiger partial charge >= 0.3 is 0 Å². The minimum Gasteiger partial charge on any atom is -0.370 e. The van der Waals surface area contributed by atoms with E-state index in [1.807, 2.05) is 60.7 Å². The van der Waals surface area contributed by atoms with Crippen LogP contribution in [0.3, 0.4) is 0 Å². The third-order valence-electron chi connectivity index (χ3n) is 11.5. The Balaban J connectivity index is 1.64. The summed E-state index contributed by atoms with van der Waals surface area (Å²) < 4.78 is 0. The number of hydrogen-bond donors (Lipinski definition) is 7. The van der Waals surface area contributed by atoms with Crippen molar-refractivity contribution >= 4 is 35.5 Å². The maximum absolute atomic E-state index is 15.1. The fraction of sp³-hybridized carbons (Fsp3) is 0.591. The molecule has 324 valence electrons. The highest BCUT2D eigenvalue weighted by Gasteiger charge is 2.45. The van der Waals surface area contributed by atoms with Gasteiger partial charge in [0.05, 0.1) is 12.1 Å². The van der Waals surface area contributed by atoms with Crippen LogP contribution >= 0.6 is 0 Å². The van der Waals surface area contributed by atoms with Gasteiger partial charge in [-0.25, -0.2) is 0 Å². The van der Waals surface area contributed by atoms with Crippen LogP contribution in [0.25, 0.3) is 0 Å². The summed E-state index contributed by atoms with van der Waals surface area (Å²) in [7, 11) is 1.70. The van der Waals surface area contributed by atoms with Crippen LogP contribution in [0.5, 0.6) is 0 Å². The molecule has 0 bridgehead atoms. The van der Waals surface area contributed by atoms with Crippen LogP contribution in [-0.2, 0) is 36.8 Å². The lowest BCUT2D eigenvalue weighted by Crippen LogP contribution is -2.62. The normalized spacial score (nSPS) is 17.6. The molecular weight excluding hydrogens is 749 g/mol. The highest BCUT2D eigenvalue weighted by Crippen LogP contribution is 2.29. The lowest BCUT2D eigenvalue weighted by Gasteiger charge is -2.37. The number of guanidine groups is 1. The fourth-order valence-electron chi connectivity index (χ4n) is 8.24. The van der Waals surface area contributed by atoms with Gasteiger partial charge in [0, 0.05) is 26.1 Å². The molecule has 59 heavy (non-hydrogen) atoms. The molecule has 0 radical (unpaired) electrons. The number of likely N-dealkylation sites (tertiary alicyclic amines) is 1. The second kappa shape index (κ2) is 24.9. The highest BCUT2D eigenvalue weighted by molar-refractivity contribution is 6.05. The molecule has 5 amide bonds. The van der Waals surface area contributed by atoms with Crippen LogP contribution < -0.4 is 38.9 Å². The Labute approximate surface area is 349 Å². The van der Waals surface area contributed by atoms with Gasteiger partial charge in [-0.05, 0) is 88.4 Å². The first kappa shape index (κ1) is 46.8. The standard InChI is InChI=1S/C44H68N10O5/c1-49-36(29-32-18-7-3-8-19-32)39(55)52-35(22-11-12-24-45)42(58)53-27-15-23-37(53)43(59)54(41(57)34(46)28-31-16-5-2-6-17-31)38(30-33-20-9-4-10-21-33)40(56)50-25-13-14-26-51-44(47)48/h3-4,7-10,18-21,31,34-38,49H,2,5-6,11-17,22-30,45-46H2,1H3,(H,50,56)(H,52,55)(H4,47,48,51)/t34-,35+,36+,37+,38+/m1/s1. The van der Waals surface area contributed by atoms with Crippen molar-refractivity contribution < 1.29 is 24.0 Å². The van der Waals surface area contributed by atoms with Gasteiger partial charge in [-0.1, -0.05) is 92.8 Å². The number of benzene rings is 2. The lowest BCUT2D eigenvalue weighted by molar-refractivity contribution is -0.158. The number of carbonyl (C=O) groups excluding carboxylic acids is 5. The number of nitrogens with two attached hydrogens (primary N) is 4. The zero-order valence-electron chi connectivity index (χ0n) is 34.9. The molecule has 15 heteroatoms. The Kier molecular flexibility index (Phi) is 19.8. The number of aliphatic imine (C=N–C) groups is 1. The van der Waals surface area contributed by atoms with Crippen molar-refractivity contribution in [3.63, 3.8) is 0 Å². The van der Waals surface area contributed by atoms with Crippen LogP contribution in [0.4, 0.5) is 0 Å². The van der Waals surface area contributed by atoms with Crippen molar-refractivity contribution in [3.05, 3.63) is 71.8 Å². The second-order valence-corrected chi connectivity index (χ2v) is 16.0. The Morgan fingerprint density at radius 2 is 1.47 bits per heavy atom. The van der Waals surface area contributed by atoms with E-state index in [9.17, 15) is 19.2 Å². The molecule has 2 fully saturated rings. The smallest absolute Gasteiger partial charge is 0.252 e. The first-order valence-electron chi connectivity index (χ1n) is 21.6. The Bertz CT molecular complexity index is 1650. The Hall–Kier alpha value is -4.86. The van der Waals surface area contributed by atoms with Crippen molar-refractivity contribution in [2.75, 3.05) is 33.2 Å². The van der Waals surface area contributed by atoms with E-state index in [1.54, 1.807) is 7.05 Å². The maximum Gasteiger partial charge on any atom is 0.252 e. The van der Waals surface area contributed by atoms with E-state index in [-0.39, 0.29) is 43.7 Å². The summed E-state index contributed by atoms with van der Waals surface area (Å²) in [4.78, 5) is 78.9. The minimum absolute atomic E-state index is 0.0110. The summed E-state index contributed by atoms with van der Waals surface area (Å²) in [6.45, 7) is 1.34. The van der Waals surface area contributed by atoms with Gasteiger partial charge in [-0.2, -0.15) is 0 Å². The van der Waals surface area contributed by atoms with Gasteiger partial charge < -0.3 is 43.8 Å². The van der Waals surface area contributed by atoms with E-state index in [0.717, 1.165) is 48.1 Å². The van der Waals surface area contributed by atoms with E-state index in [4.69, 9.17) is 22.9 Å². The number of amides is 5. The van der Waals surface area contributed by atoms with Crippen molar-refractivity contribution in [3.8, 4) is 0 Å². The monoisotopic (exact) mass is 817 g/mol. The molecule has 1 aliphatic heterocycles. The minimum atomic E-state index is -1.24. The first-order chi connectivity index (χ1) is 28.5. The summed E-state index contributed by atoms with van der Waals surface area (Å²) in [5, 5.41) is 9.01. The molecule has 0 spiro atoms. The number of carbonyl (C=O) groups is 5. The molecule has 0 unspecified atom stereocenters. The van der Waals surface area contributed by atoms with Crippen molar-refractivity contribution in [1.29, 1.82) is 0 Å². The molecule has 2 aliphatic rings. The third kappa shape index (κ3) is 14.7. The predicted molar refractivity (Wildman–Crippen MR) is 230 cm³/mol. The zero-order chi connectivity index (χ0) is 42.6. The molecule has 1 aliphatic carbocycles. The van der Waals surface area contributed by atoms with Gasteiger partial charge in [0.25, 0.3) is 5.91 Å². The van der Waals surface area contributed by atoms with E-state index >= 15 is 4.79 Å². The summed E-state index contributed by atoms with van der Waals surface area (Å²) >= 11 is 0. The summed E-state index contributed by atoms with van der Waals surface area (Å²) in [5.41, 5.74) is 25.2. The van der Waals surface area contributed by atoms with E-state index in [1.165, 1.54) is 4.90 Å². The van der Waals surface area contributed by atoms with E-state index < -0.39 is 53.8 Å². The molecule has 15 nitrogen and oxygen atoms in total. The topological polar surface area (TPSA) is 244 Å². The van der Waals surface area contributed by atoms with E-state index in [0.29, 0.717) is 64.5 Å². The Morgan fingerprint density at radius 3 is 2.10 bits per heavy atom. The molecule has 1 saturated carbocycles. The molecule has 2 aromatic carbocycles. The maximum atomic E-state index is 15.1. The number of hydrogen-bond acceptors (Lipinski definition) is 9. The average molecular weight is 817 g/mol. The molecule has 0 aromatic heterocycles. The molecule has 1 heterocycles. The SMILES string of the molecule is CN[C@@H](Cc1ccccc1)C(=O)N[C@@H](CCCCN)C(=O)N1CCC[C@H]1C(=O)N(C(=O)[C@H](N)CC1CCCCC1)[C@@H](Cc1ccccc1)C(=O)NCCCCN=C(N)N. The number of imide groups is 1. The van der Waals surface area contributed by atoms with Gasteiger partial charge in [0.1, 0.15) is 18.1 Å². The van der Waals surface area contributed by atoms with Gasteiger partial charge in [0.2, 0.25) is 23.6 Å². The summed E-state index contributed by atoms with van der Waals surface area (Å²) in [5.74, 6) is -2.30.